The van der Waals surface area contributed by atoms with Gasteiger partial charge in [0, 0.05) is 28.2 Å². The van der Waals surface area contributed by atoms with Crippen molar-refractivity contribution < 1.29 is 0 Å². The van der Waals surface area contributed by atoms with Crippen LogP contribution in [0.5, 0.6) is 0 Å². The largest absolute Gasteiger partial charge is 0.228 e. The van der Waals surface area contributed by atoms with Gasteiger partial charge in [0.05, 0.1) is 11.4 Å². The Hall–Kier alpha value is -7.63. The number of benzene rings is 6. The molecule has 0 amide bonds. The number of hydrogen-bond donors (Lipinski definition) is 0. The van der Waals surface area contributed by atoms with Crippen LogP contribution in [0.2, 0.25) is 0 Å². The Labute approximate surface area is 351 Å². The summed E-state index contributed by atoms with van der Waals surface area (Å²) in [4.78, 5) is 25.0. The first-order valence-corrected chi connectivity index (χ1v) is 20.6. The standard InChI is InChI=1S/C55H41N5/c1-5-17-40(18-6-1)50-37-51(57-52(56-50)42-19-7-2-8-20-42)41-33-29-38(30-34-41)46-25-13-15-27-48(46)49-28-16-14-26-47(49)39-31-35-45(36-32-39)55-59-53(43-21-9-3-10-22-43)58-54(60-55)44-23-11-4-12-24-44/h1-5,7-17,19-35,37,45H,6,18,36H2. The second-order valence-corrected chi connectivity index (χ2v) is 15.1. The van der Waals surface area contributed by atoms with Crippen LogP contribution in [0.1, 0.15) is 42.3 Å². The van der Waals surface area contributed by atoms with Crippen LogP contribution in [0.25, 0.3) is 78.8 Å². The van der Waals surface area contributed by atoms with Crippen molar-refractivity contribution in [2.75, 3.05) is 0 Å². The van der Waals surface area contributed by atoms with Crippen molar-refractivity contribution in [3.63, 3.8) is 0 Å². The zero-order chi connectivity index (χ0) is 40.1. The molecule has 10 rings (SSSR count). The summed E-state index contributed by atoms with van der Waals surface area (Å²) in [5.41, 5.74) is 14.2. The van der Waals surface area contributed by atoms with Crippen LogP contribution >= 0.6 is 0 Å². The van der Waals surface area contributed by atoms with E-state index in [1.807, 2.05) is 54.6 Å². The van der Waals surface area contributed by atoms with Gasteiger partial charge in [0.2, 0.25) is 0 Å². The van der Waals surface area contributed by atoms with Gasteiger partial charge in [-0.15, -0.1) is 0 Å². The summed E-state index contributed by atoms with van der Waals surface area (Å²) in [5.74, 6) is 2.90. The molecule has 0 saturated carbocycles. The van der Waals surface area contributed by atoms with Gasteiger partial charge in [-0.2, -0.15) is 0 Å². The maximum Gasteiger partial charge on any atom is 0.163 e. The van der Waals surface area contributed by atoms with E-state index in [9.17, 15) is 0 Å². The molecule has 0 radical (unpaired) electrons. The van der Waals surface area contributed by atoms with E-state index in [1.165, 1.54) is 33.4 Å². The lowest BCUT2D eigenvalue weighted by molar-refractivity contribution is 0.766. The van der Waals surface area contributed by atoms with Gasteiger partial charge in [-0.05, 0) is 64.3 Å². The Morgan fingerprint density at radius 2 is 0.950 bits per heavy atom. The molecular formula is C55H41N5. The molecule has 0 aliphatic heterocycles. The summed E-state index contributed by atoms with van der Waals surface area (Å²) in [6.45, 7) is 0. The van der Waals surface area contributed by atoms with Gasteiger partial charge in [-0.1, -0.05) is 200 Å². The van der Waals surface area contributed by atoms with Gasteiger partial charge >= 0.3 is 0 Å². The third-order valence-corrected chi connectivity index (χ3v) is 11.2. The van der Waals surface area contributed by atoms with E-state index in [4.69, 9.17) is 24.9 Å². The Morgan fingerprint density at radius 1 is 0.433 bits per heavy atom. The number of nitrogens with zero attached hydrogens (tertiary/aromatic N) is 5. The molecule has 1 atom stereocenters. The zero-order valence-electron chi connectivity index (χ0n) is 33.1. The Kier molecular flexibility index (Phi) is 10.2. The number of rotatable bonds is 9. The molecule has 8 aromatic rings. The summed E-state index contributed by atoms with van der Waals surface area (Å²) in [5, 5.41) is 0. The van der Waals surface area contributed by atoms with E-state index in [1.54, 1.807) is 0 Å². The maximum absolute atomic E-state index is 5.08. The van der Waals surface area contributed by atoms with Gasteiger partial charge in [0.1, 0.15) is 5.82 Å². The lowest BCUT2D eigenvalue weighted by atomic mass is 9.86. The predicted molar refractivity (Wildman–Crippen MR) is 245 cm³/mol. The van der Waals surface area contributed by atoms with Crippen molar-refractivity contribution in [3.05, 3.63) is 223 Å². The molecule has 60 heavy (non-hydrogen) atoms. The Bertz CT molecular complexity index is 2870. The third-order valence-electron chi connectivity index (χ3n) is 11.2. The summed E-state index contributed by atoms with van der Waals surface area (Å²) in [6, 6.07) is 58.9. The van der Waals surface area contributed by atoms with Crippen LogP contribution < -0.4 is 0 Å². The van der Waals surface area contributed by atoms with Gasteiger partial charge in [-0.25, -0.2) is 24.9 Å². The molecule has 5 heteroatoms. The first-order chi connectivity index (χ1) is 29.7. The summed E-state index contributed by atoms with van der Waals surface area (Å²) in [6.07, 6.45) is 16.1. The smallest absolute Gasteiger partial charge is 0.163 e. The quantitative estimate of drug-likeness (QED) is 0.146. The molecule has 0 bridgehead atoms. The lowest BCUT2D eigenvalue weighted by Crippen LogP contribution is -2.08. The van der Waals surface area contributed by atoms with Crippen molar-refractivity contribution in [2.45, 2.75) is 25.2 Å². The van der Waals surface area contributed by atoms with E-state index in [2.05, 4.69) is 152 Å². The van der Waals surface area contributed by atoms with E-state index in [0.29, 0.717) is 11.6 Å². The summed E-state index contributed by atoms with van der Waals surface area (Å²) < 4.78 is 0. The molecule has 286 valence electrons. The highest BCUT2D eigenvalue weighted by Crippen LogP contribution is 2.40. The highest BCUT2D eigenvalue weighted by Gasteiger charge is 2.21. The molecule has 5 nitrogen and oxygen atoms in total. The van der Waals surface area contributed by atoms with Crippen LogP contribution in [0.4, 0.5) is 0 Å². The van der Waals surface area contributed by atoms with E-state index < -0.39 is 0 Å². The minimum Gasteiger partial charge on any atom is -0.228 e. The second kappa shape index (κ2) is 16.7. The molecule has 2 heterocycles. The molecule has 0 fully saturated rings. The van der Waals surface area contributed by atoms with Crippen LogP contribution in [-0.4, -0.2) is 24.9 Å². The van der Waals surface area contributed by atoms with E-state index >= 15 is 0 Å². The monoisotopic (exact) mass is 771 g/mol. The maximum atomic E-state index is 5.08. The topological polar surface area (TPSA) is 64.5 Å². The average molecular weight is 772 g/mol. The van der Waals surface area contributed by atoms with Gasteiger partial charge in [0.15, 0.2) is 17.5 Å². The molecule has 0 spiro atoms. The molecule has 0 saturated heterocycles. The highest BCUT2D eigenvalue weighted by atomic mass is 15.0. The first-order valence-electron chi connectivity index (χ1n) is 20.6. The number of allylic oxidation sites excluding steroid dienone is 8. The first kappa shape index (κ1) is 36.7. The fourth-order valence-corrected chi connectivity index (χ4v) is 8.05. The zero-order valence-corrected chi connectivity index (χ0v) is 33.1. The Balaban J connectivity index is 0.954. The molecule has 2 aliphatic rings. The molecule has 6 aromatic carbocycles. The van der Waals surface area contributed by atoms with E-state index in [-0.39, 0.29) is 5.92 Å². The van der Waals surface area contributed by atoms with Crippen molar-refractivity contribution in [1.29, 1.82) is 0 Å². The lowest BCUT2D eigenvalue weighted by Gasteiger charge is -2.19. The van der Waals surface area contributed by atoms with Crippen molar-refractivity contribution in [3.8, 4) is 67.7 Å². The Morgan fingerprint density at radius 3 is 1.52 bits per heavy atom. The number of aromatic nitrogens is 5. The van der Waals surface area contributed by atoms with Gasteiger partial charge in [-0.3, -0.25) is 0 Å². The van der Waals surface area contributed by atoms with E-state index in [0.717, 1.165) is 70.1 Å². The minimum atomic E-state index is 0.0191. The number of hydrogen-bond acceptors (Lipinski definition) is 5. The van der Waals surface area contributed by atoms with Crippen LogP contribution in [0.15, 0.2) is 206 Å². The summed E-state index contributed by atoms with van der Waals surface area (Å²) in [7, 11) is 0. The molecule has 2 aromatic heterocycles. The molecular weight excluding hydrogens is 731 g/mol. The minimum absolute atomic E-state index is 0.0191. The molecule has 2 aliphatic carbocycles. The normalized spacial score (nSPS) is 14.7. The second-order valence-electron chi connectivity index (χ2n) is 15.1. The predicted octanol–water partition coefficient (Wildman–Crippen LogP) is 13.5. The van der Waals surface area contributed by atoms with Gasteiger partial charge in [0.25, 0.3) is 0 Å². The summed E-state index contributed by atoms with van der Waals surface area (Å²) >= 11 is 0. The van der Waals surface area contributed by atoms with Crippen LogP contribution in [0.3, 0.4) is 0 Å². The van der Waals surface area contributed by atoms with Crippen molar-refractivity contribution in [2.24, 2.45) is 0 Å². The fourth-order valence-electron chi connectivity index (χ4n) is 8.05. The molecule has 1 unspecified atom stereocenters. The highest BCUT2D eigenvalue weighted by molar-refractivity contribution is 5.92. The van der Waals surface area contributed by atoms with Crippen LogP contribution in [-0.2, 0) is 0 Å². The third kappa shape index (κ3) is 7.69. The van der Waals surface area contributed by atoms with Crippen LogP contribution in [0, 0.1) is 0 Å². The van der Waals surface area contributed by atoms with Gasteiger partial charge < -0.3 is 0 Å². The van der Waals surface area contributed by atoms with Crippen molar-refractivity contribution >= 4 is 11.1 Å². The SMILES string of the molecule is C1=CCCC(c2cc(-c3ccc(-c4ccccc4-c4ccccc4C4=CCC(c5nc(-c6ccccc6)nc(-c6ccccc6)n5)C=C4)cc3)nc(-c3ccccc3)n2)=C1. The fraction of sp³-hybridized carbons (Fsp3) is 0.0727. The average Bonchev–Trinajstić information content (AvgIpc) is 3.35. The molecule has 0 N–H and O–H groups in total. The van der Waals surface area contributed by atoms with Crippen molar-refractivity contribution in [1.82, 2.24) is 24.9 Å².